The topological polar surface area (TPSA) is 75.4 Å². The Morgan fingerprint density at radius 2 is 2.21 bits per heavy atom. The summed E-state index contributed by atoms with van der Waals surface area (Å²) in [5.41, 5.74) is 1.48. The van der Waals surface area contributed by atoms with Crippen LogP contribution in [0.15, 0.2) is 36.7 Å². The number of amides is 1. The smallest absolute Gasteiger partial charge is 0.254 e. The molecule has 1 aromatic carbocycles. The van der Waals surface area contributed by atoms with Gasteiger partial charge in [-0.05, 0) is 25.3 Å². The maximum Gasteiger partial charge on any atom is 0.254 e. The van der Waals surface area contributed by atoms with Crippen molar-refractivity contribution in [3.05, 3.63) is 53.7 Å². The molecule has 1 fully saturated rings. The first-order valence-corrected chi connectivity index (χ1v) is 10.1. The number of rotatable bonds is 6. The minimum absolute atomic E-state index is 0.0457. The molecule has 29 heavy (non-hydrogen) atoms. The molecule has 1 aliphatic rings. The van der Waals surface area contributed by atoms with E-state index in [2.05, 4.69) is 32.2 Å². The average molecular weight is 396 g/mol. The molecule has 0 bridgehead atoms. The second-order valence-corrected chi connectivity index (χ2v) is 7.42. The third-order valence-corrected chi connectivity index (χ3v) is 5.32. The van der Waals surface area contributed by atoms with E-state index in [-0.39, 0.29) is 24.2 Å². The normalized spacial score (nSPS) is 16.9. The zero-order valence-electron chi connectivity index (χ0n) is 16.5. The number of benzene rings is 1. The highest BCUT2D eigenvalue weighted by Gasteiger charge is 2.27. The molecule has 1 saturated heterocycles. The fourth-order valence-electron chi connectivity index (χ4n) is 3.82. The molecule has 0 spiro atoms. The van der Waals surface area contributed by atoms with Crippen LogP contribution in [0.5, 0.6) is 0 Å². The predicted octanol–water partition coefficient (Wildman–Crippen LogP) is 2.75. The van der Waals surface area contributed by atoms with Gasteiger partial charge in [-0.25, -0.2) is 9.37 Å². The van der Waals surface area contributed by atoms with E-state index in [9.17, 15) is 9.18 Å². The first kappa shape index (κ1) is 19.3. The molecule has 0 aliphatic carbocycles. The molecular formula is C21H25FN6O. The van der Waals surface area contributed by atoms with Gasteiger partial charge in [-0.3, -0.25) is 4.79 Å². The van der Waals surface area contributed by atoms with E-state index in [1.807, 2.05) is 6.07 Å². The number of hydrogen-bond acceptors (Lipinski definition) is 5. The Balaban J connectivity index is 1.48. The Morgan fingerprint density at radius 3 is 3.03 bits per heavy atom. The fourth-order valence-corrected chi connectivity index (χ4v) is 3.82. The first-order chi connectivity index (χ1) is 14.2. The van der Waals surface area contributed by atoms with Gasteiger partial charge in [-0.1, -0.05) is 31.5 Å². The molecule has 152 valence electrons. The SMILES string of the molecule is CCCc1cc(N2CCCC(C(=O)NCc3ccccc3F)C2)n2ncnc2n1. The monoisotopic (exact) mass is 396 g/mol. The van der Waals surface area contributed by atoms with Gasteiger partial charge in [-0.2, -0.15) is 14.6 Å². The van der Waals surface area contributed by atoms with Crippen LogP contribution in [-0.2, 0) is 17.8 Å². The molecule has 3 aromatic rings. The number of carbonyl (C=O) groups is 1. The Kier molecular flexibility index (Phi) is 5.69. The summed E-state index contributed by atoms with van der Waals surface area (Å²) in [6.45, 7) is 3.76. The third-order valence-electron chi connectivity index (χ3n) is 5.32. The number of halogens is 1. The average Bonchev–Trinajstić information content (AvgIpc) is 3.21. The molecular weight excluding hydrogens is 371 g/mol. The van der Waals surface area contributed by atoms with Crippen molar-refractivity contribution in [2.45, 2.75) is 39.2 Å². The number of hydrogen-bond donors (Lipinski definition) is 1. The quantitative estimate of drug-likeness (QED) is 0.693. The number of aromatic nitrogens is 4. The van der Waals surface area contributed by atoms with Crippen molar-refractivity contribution in [3.63, 3.8) is 0 Å². The van der Waals surface area contributed by atoms with E-state index < -0.39 is 0 Å². The van der Waals surface area contributed by atoms with Crippen LogP contribution in [0, 0.1) is 11.7 Å². The Labute approximate surface area is 169 Å². The maximum absolute atomic E-state index is 13.8. The van der Waals surface area contributed by atoms with Crippen LogP contribution in [0.4, 0.5) is 10.2 Å². The minimum Gasteiger partial charge on any atom is -0.356 e. The van der Waals surface area contributed by atoms with Gasteiger partial charge in [0.1, 0.15) is 18.0 Å². The first-order valence-electron chi connectivity index (χ1n) is 10.1. The van der Waals surface area contributed by atoms with Crippen molar-refractivity contribution in [2.75, 3.05) is 18.0 Å². The third kappa shape index (κ3) is 4.21. The number of nitrogens with zero attached hydrogens (tertiary/aromatic N) is 5. The summed E-state index contributed by atoms with van der Waals surface area (Å²) >= 11 is 0. The van der Waals surface area contributed by atoms with Crippen molar-refractivity contribution < 1.29 is 9.18 Å². The lowest BCUT2D eigenvalue weighted by atomic mass is 9.97. The van der Waals surface area contributed by atoms with Gasteiger partial charge in [0.15, 0.2) is 0 Å². The molecule has 0 radical (unpaired) electrons. The van der Waals surface area contributed by atoms with Crippen molar-refractivity contribution in [1.29, 1.82) is 0 Å². The van der Waals surface area contributed by atoms with E-state index in [4.69, 9.17) is 0 Å². The van der Waals surface area contributed by atoms with E-state index in [0.29, 0.717) is 17.9 Å². The van der Waals surface area contributed by atoms with Crippen LogP contribution in [-0.4, -0.2) is 38.6 Å². The number of aryl methyl sites for hydroxylation is 1. The van der Waals surface area contributed by atoms with Gasteiger partial charge >= 0.3 is 0 Å². The van der Waals surface area contributed by atoms with E-state index in [1.165, 1.54) is 12.4 Å². The highest BCUT2D eigenvalue weighted by Crippen LogP contribution is 2.24. The lowest BCUT2D eigenvalue weighted by Crippen LogP contribution is -2.43. The Bertz CT molecular complexity index is 1000. The van der Waals surface area contributed by atoms with Gasteiger partial charge in [0.2, 0.25) is 5.91 Å². The standard InChI is InChI=1S/C21H25FN6O/c1-2-6-17-11-19(28-21(26-17)24-14-25-28)27-10-5-8-16(13-27)20(29)23-12-15-7-3-4-9-18(15)22/h3-4,7,9,11,14,16H,2,5-6,8,10,12-13H2,1H3,(H,23,29). The summed E-state index contributed by atoms with van der Waals surface area (Å²) in [6.07, 6.45) is 5.09. The van der Waals surface area contributed by atoms with Crippen molar-refractivity contribution >= 4 is 17.5 Å². The van der Waals surface area contributed by atoms with Gasteiger partial charge in [0.25, 0.3) is 5.78 Å². The zero-order chi connectivity index (χ0) is 20.2. The van der Waals surface area contributed by atoms with Crippen LogP contribution < -0.4 is 10.2 Å². The largest absolute Gasteiger partial charge is 0.356 e. The summed E-state index contributed by atoms with van der Waals surface area (Å²) < 4.78 is 15.5. The van der Waals surface area contributed by atoms with Gasteiger partial charge in [0.05, 0.1) is 5.92 Å². The van der Waals surface area contributed by atoms with Gasteiger partial charge in [0, 0.05) is 37.0 Å². The van der Waals surface area contributed by atoms with E-state index >= 15 is 0 Å². The number of nitrogens with one attached hydrogen (secondary N) is 1. The van der Waals surface area contributed by atoms with Crippen molar-refractivity contribution in [3.8, 4) is 0 Å². The summed E-state index contributed by atoms with van der Waals surface area (Å²) in [5.74, 6) is 0.999. The van der Waals surface area contributed by atoms with Crippen molar-refractivity contribution in [1.82, 2.24) is 24.9 Å². The minimum atomic E-state index is -0.299. The zero-order valence-corrected chi connectivity index (χ0v) is 16.5. The summed E-state index contributed by atoms with van der Waals surface area (Å²) in [4.78, 5) is 23.7. The summed E-state index contributed by atoms with van der Waals surface area (Å²) in [5, 5.41) is 7.20. The molecule has 4 rings (SSSR count). The Hall–Kier alpha value is -3.03. The molecule has 0 saturated carbocycles. The van der Waals surface area contributed by atoms with Crippen LogP contribution in [0.1, 0.15) is 37.4 Å². The van der Waals surface area contributed by atoms with Crippen LogP contribution in [0.3, 0.4) is 0 Å². The van der Waals surface area contributed by atoms with Crippen LogP contribution in [0.25, 0.3) is 5.78 Å². The lowest BCUT2D eigenvalue weighted by Gasteiger charge is -2.33. The molecule has 1 unspecified atom stereocenters. The molecule has 8 heteroatoms. The Morgan fingerprint density at radius 1 is 1.34 bits per heavy atom. The molecule has 1 N–H and O–H groups in total. The number of fused-ring (bicyclic) bond motifs is 1. The number of carbonyl (C=O) groups excluding carboxylic acids is 1. The maximum atomic E-state index is 13.8. The highest BCUT2D eigenvalue weighted by atomic mass is 19.1. The molecule has 7 nitrogen and oxygen atoms in total. The molecule has 1 aliphatic heterocycles. The van der Waals surface area contributed by atoms with Crippen molar-refractivity contribution in [2.24, 2.45) is 5.92 Å². The fraction of sp³-hybridized carbons (Fsp3) is 0.429. The lowest BCUT2D eigenvalue weighted by molar-refractivity contribution is -0.125. The molecule has 3 heterocycles. The predicted molar refractivity (Wildman–Crippen MR) is 108 cm³/mol. The molecule has 2 aromatic heterocycles. The highest BCUT2D eigenvalue weighted by molar-refractivity contribution is 5.79. The molecule has 1 amide bonds. The van der Waals surface area contributed by atoms with E-state index in [1.54, 1.807) is 22.7 Å². The van der Waals surface area contributed by atoms with Crippen LogP contribution in [0.2, 0.25) is 0 Å². The summed E-state index contributed by atoms with van der Waals surface area (Å²) in [7, 11) is 0. The van der Waals surface area contributed by atoms with E-state index in [0.717, 1.165) is 43.7 Å². The molecule has 1 atom stereocenters. The number of piperidine rings is 1. The number of anilines is 1. The van der Waals surface area contributed by atoms with Gasteiger partial charge < -0.3 is 10.2 Å². The second-order valence-electron chi connectivity index (χ2n) is 7.42. The summed E-state index contributed by atoms with van der Waals surface area (Å²) in [6, 6.07) is 8.56. The second kappa shape index (κ2) is 8.55. The van der Waals surface area contributed by atoms with Crippen LogP contribution >= 0.6 is 0 Å². The van der Waals surface area contributed by atoms with Gasteiger partial charge in [-0.15, -0.1) is 0 Å².